The van der Waals surface area contributed by atoms with Crippen LogP contribution in [0.4, 0.5) is 5.69 Å². The van der Waals surface area contributed by atoms with Gasteiger partial charge in [-0.15, -0.1) is 0 Å². The third-order valence-electron chi connectivity index (χ3n) is 3.75. The molecule has 0 aliphatic carbocycles. The fraction of sp³-hybridized carbons (Fsp3) is 0.263. The van der Waals surface area contributed by atoms with Crippen LogP contribution in [0.15, 0.2) is 29.4 Å². The number of pyridine rings is 1. The number of nitriles is 1. The van der Waals surface area contributed by atoms with Crippen LogP contribution in [0.25, 0.3) is 0 Å². The number of rotatable bonds is 9. The van der Waals surface area contributed by atoms with Crippen molar-refractivity contribution in [2.75, 3.05) is 20.8 Å². The second kappa shape index (κ2) is 10.5. The van der Waals surface area contributed by atoms with E-state index in [9.17, 15) is 20.2 Å². The normalized spacial score (nSPS) is 10.5. The lowest BCUT2D eigenvalue weighted by Crippen LogP contribution is -2.25. The van der Waals surface area contributed by atoms with Crippen molar-refractivity contribution in [1.82, 2.24) is 10.4 Å². The van der Waals surface area contributed by atoms with E-state index in [1.54, 1.807) is 19.1 Å². The van der Waals surface area contributed by atoms with Gasteiger partial charge < -0.3 is 14.2 Å². The molecule has 1 N–H and O–H groups in total. The van der Waals surface area contributed by atoms with Gasteiger partial charge in [-0.3, -0.25) is 14.9 Å². The molecule has 1 aromatic heterocycles. The smallest absolute Gasteiger partial charge is 0.311 e. The van der Waals surface area contributed by atoms with Gasteiger partial charge in [-0.25, -0.2) is 10.4 Å². The van der Waals surface area contributed by atoms with Crippen LogP contribution in [0.3, 0.4) is 0 Å². The zero-order valence-corrected chi connectivity index (χ0v) is 16.5. The monoisotopic (exact) mass is 413 g/mol. The first-order valence-electron chi connectivity index (χ1n) is 8.56. The highest BCUT2D eigenvalue weighted by atomic mass is 16.6. The number of nitrogens with zero attached hydrogens (tertiary/aromatic N) is 4. The van der Waals surface area contributed by atoms with Crippen LogP contribution < -0.4 is 14.9 Å². The highest BCUT2D eigenvalue weighted by Gasteiger charge is 2.15. The Labute approximate surface area is 172 Å². The number of carbonyl (C=O) groups excluding carboxylic acids is 1. The van der Waals surface area contributed by atoms with Crippen LogP contribution in [0.5, 0.6) is 11.6 Å². The van der Waals surface area contributed by atoms with E-state index < -0.39 is 17.4 Å². The van der Waals surface area contributed by atoms with Crippen molar-refractivity contribution < 1.29 is 23.9 Å². The van der Waals surface area contributed by atoms with Crippen molar-refractivity contribution >= 4 is 17.8 Å². The highest BCUT2D eigenvalue weighted by Crippen LogP contribution is 2.26. The number of nitrogens with one attached hydrogen (secondary N) is 1. The molecule has 1 aromatic carbocycles. The summed E-state index contributed by atoms with van der Waals surface area (Å²) in [6.07, 6.45) is 1.24. The van der Waals surface area contributed by atoms with E-state index in [4.69, 9.17) is 14.2 Å². The SMILES string of the molecule is COCc1cc(C)nc(OCC(=O)N/N=C\c2ccc(OC)c([N+](=O)[O-])c2)c1C#N. The number of hydrogen-bond donors (Lipinski definition) is 1. The second-order valence-corrected chi connectivity index (χ2v) is 5.92. The Morgan fingerprint density at radius 3 is 2.80 bits per heavy atom. The van der Waals surface area contributed by atoms with Gasteiger partial charge >= 0.3 is 5.69 Å². The number of hydrazone groups is 1. The molecule has 0 radical (unpaired) electrons. The number of benzene rings is 1. The Morgan fingerprint density at radius 2 is 2.17 bits per heavy atom. The minimum absolute atomic E-state index is 0.0226. The number of hydrogen-bond acceptors (Lipinski definition) is 9. The summed E-state index contributed by atoms with van der Waals surface area (Å²) in [5, 5.41) is 24.1. The van der Waals surface area contributed by atoms with Gasteiger partial charge in [0.1, 0.15) is 11.6 Å². The number of aromatic nitrogens is 1. The molecule has 11 heteroatoms. The summed E-state index contributed by atoms with van der Waals surface area (Å²) in [5.74, 6) is -0.467. The molecule has 1 heterocycles. The Bertz CT molecular complexity index is 1020. The van der Waals surface area contributed by atoms with E-state index in [-0.39, 0.29) is 29.5 Å². The van der Waals surface area contributed by atoms with Crippen molar-refractivity contribution in [3.63, 3.8) is 0 Å². The molecule has 0 unspecified atom stereocenters. The molecule has 2 rings (SSSR count). The Morgan fingerprint density at radius 1 is 1.40 bits per heavy atom. The lowest BCUT2D eigenvalue weighted by Gasteiger charge is -2.10. The van der Waals surface area contributed by atoms with Crippen molar-refractivity contribution in [2.24, 2.45) is 5.10 Å². The summed E-state index contributed by atoms with van der Waals surface area (Å²) in [6, 6.07) is 7.93. The molecule has 0 fully saturated rings. The number of amides is 1. The van der Waals surface area contributed by atoms with Gasteiger partial charge in [0.15, 0.2) is 12.4 Å². The van der Waals surface area contributed by atoms with Crippen LogP contribution in [-0.2, 0) is 16.1 Å². The molecule has 0 saturated carbocycles. The summed E-state index contributed by atoms with van der Waals surface area (Å²) in [4.78, 5) is 26.6. The quantitative estimate of drug-likeness (QED) is 0.372. The third kappa shape index (κ3) is 5.73. The summed E-state index contributed by atoms with van der Waals surface area (Å²) in [6.45, 7) is 1.50. The van der Waals surface area contributed by atoms with E-state index >= 15 is 0 Å². The standard InChI is InChI=1S/C19H19N5O6/c1-12-6-14(10-28-2)15(8-20)19(22-12)30-11-18(25)23-21-9-13-4-5-17(29-3)16(7-13)24(26)27/h4-7,9H,10-11H2,1-3H3,(H,23,25)/b21-9-. The lowest BCUT2D eigenvalue weighted by atomic mass is 10.1. The summed E-state index contributed by atoms with van der Waals surface area (Å²) < 4.78 is 15.3. The second-order valence-electron chi connectivity index (χ2n) is 5.92. The molecule has 30 heavy (non-hydrogen) atoms. The number of methoxy groups -OCH3 is 2. The maximum atomic E-state index is 12.0. The highest BCUT2D eigenvalue weighted by molar-refractivity contribution is 5.84. The summed E-state index contributed by atoms with van der Waals surface area (Å²) >= 11 is 0. The van der Waals surface area contributed by atoms with Crippen LogP contribution in [0, 0.1) is 28.4 Å². The lowest BCUT2D eigenvalue weighted by molar-refractivity contribution is -0.385. The van der Waals surface area contributed by atoms with Crippen molar-refractivity contribution in [2.45, 2.75) is 13.5 Å². The molecule has 11 nitrogen and oxygen atoms in total. The topological polar surface area (TPSA) is 149 Å². The number of nitro benzene ring substituents is 1. The minimum Gasteiger partial charge on any atom is -0.490 e. The number of aryl methyl sites for hydroxylation is 1. The van der Waals surface area contributed by atoms with E-state index in [0.29, 0.717) is 16.8 Å². The summed E-state index contributed by atoms with van der Waals surface area (Å²) in [7, 11) is 2.83. The molecule has 2 aromatic rings. The first-order chi connectivity index (χ1) is 14.4. The molecule has 0 atom stereocenters. The fourth-order valence-electron chi connectivity index (χ4n) is 2.48. The first-order valence-corrected chi connectivity index (χ1v) is 8.56. The molecule has 0 spiro atoms. The van der Waals surface area contributed by atoms with Crippen LogP contribution in [-0.4, -0.2) is 42.9 Å². The van der Waals surface area contributed by atoms with Crippen LogP contribution >= 0.6 is 0 Å². The van der Waals surface area contributed by atoms with E-state index in [0.717, 1.165) is 0 Å². The zero-order chi connectivity index (χ0) is 22.1. The summed E-state index contributed by atoms with van der Waals surface area (Å²) in [5.41, 5.74) is 3.79. The van der Waals surface area contributed by atoms with Gasteiger partial charge in [0, 0.05) is 30.0 Å². The van der Waals surface area contributed by atoms with Crippen LogP contribution in [0.2, 0.25) is 0 Å². The molecular formula is C19H19N5O6. The minimum atomic E-state index is -0.602. The van der Waals surface area contributed by atoms with Crippen molar-refractivity contribution in [1.29, 1.82) is 5.26 Å². The maximum absolute atomic E-state index is 12.0. The average molecular weight is 413 g/mol. The van der Waals surface area contributed by atoms with E-state index in [1.165, 1.54) is 32.6 Å². The number of nitro groups is 1. The maximum Gasteiger partial charge on any atom is 0.311 e. The predicted molar refractivity (Wildman–Crippen MR) is 105 cm³/mol. The van der Waals surface area contributed by atoms with E-state index in [2.05, 4.69) is 15.5 Å². The molecular weight excluding hydrogens is 394 g/mol. The fourth-order valence-corrected chi connectivity index (χ4v) is 2.48. The van der Waals surface area contributed by atoms with Crippen molar-refractivity contribution in [3.05, 3.63) is 56.8 Å². The largest absolute Gasteiger partial charge is 0.490 e. The van der Waals surface area contributed by atoms with E-state index in [1.807, 2.05) is 6.07 Å². The molecule has 156 valence electrons. The molecule has 1 amide bonds. The Balaban J connectivity index is 2.02. The molecule has 0 aliphatic heterocycles. The molecule has 0 saturated heterocycles. The van der Waals surface area contributed by atoms with Gasteiger partial charge in [-0.2, -0.15) is 10.4 Å². The number of carbonyl (C=O) groups is 1. The predicted octanol–water partition coefficient (Wildman–Crippen LogP) is 1.85. The van der Waals surface area contributed by atoms with Crippen molar-refractivity contribution in [3.8, 4) is 17.7 Å². The molecule has 0 bridgehead atoms. The zero-order valence-electron chi connectivity index (χ0n) is 16.5. The Hall–Kier alpha value is -4.04. The molecule has 0 aliphatic rings. The first kappa shape index (κ1) is 22.3. The van der Waals surface area contributed by atoms with Crippen LogP contribution in [0.1, 0.15) is 22.4 Å². The van der Waals surface area contributed by atoms with Gasteiger partial charge in [0.2, 0.25) is 5.88 Å². The van der Waals surface area contributed by atoms with Gasteiger partial charge in [0.25, 0.3) is 5.91 Å². The van der Waals surface area contributed by atoms with Gasteiger partial charge in [-0.1, -0.05) is 0 Å². The third-order valence-corrected chi connectivity index (χ3v) is 3.75. The van der Waals surface area contributed by atoms with Gasteiger partial charge in [-0.05, 0) is 25.1 Å². The van der Waals surface area contributed by atoms with Gasteiger partial charge in [0.05, 0.1) is 24.9 Å². The number of ether oxygens (including phenoxy) is 3. The average Bonchev–Trinajstić information content (AvgIpc) is 2.72. The Kier molecular flexibility index (Phi) is 7.78.